The Hall–Kier alpha value is -2.70. The molecule has 0 aliphatic carbocycles. The van der Waals surface area contributed by atoms with E-state index in [2.05, 4.69) is 5.32 Å². The number of anilines is 1. The van der Waals surface area contributed by atoms with Crippen molar-refractivity contribution in [3.8, 4) is 11.5 Å². The summed E-state index contributed by atoms with van der Waals surface area (Å²) in [5.74, 6) is 0.538. The summed E-state index contributed by atoms with van der Waals surface area (Å²) in [6.07, 6.45) is -5.35. The first kappa shape index (κ1) is 17.7. The third kappa shape index (κ3) is 4.65. The minimum atomic E-state index is -4.47. The van der Waals surface area contributed by atoms with Crippen LogP contribution in [0.25, 0.3) is 0 Å². The fourth-order valence-electron chi connectivity index (χ4n) is 1.93. The molecule has 1 atom stereocenters. The first-order chi connectivity index (χ1) is 11.3. The lowest BCUT2D eigenvalue weighted by atomic mass is 10.2. The quantitative estimate of drug-likeness (QED) is 0.891. The van der Waals surface area contributed by atoms with Gasteiger partial charge in [0.15, 0.2) is 6.10 Å². The summed E-state index contributed by atoms with van der Waals surface area (Å²) in [7, 11) is 1.53. The molecule has 0 saturated heterocycles. The molecule has 0 aromatic heterocycles. The van der Waals surface area contributed by atoms with Crippen molar-refractivity contribution in [1.29, 1.82) is 0 Å². The van der Waals surface area contributed by atoms with Crippen LogP contribution < -0.4 is 14.8 Å². The van der Waals surface area contributed by atoms with Gasteiger partial charge in [0.05, 0.1) is 12.7 Å². The number of benzene rings is 2. The summed E-state index contributed by atoms with van der Waals surface area (Å²) in [5, 5.41) is 2.41. The first-order valence-corrected chi connectivity index (χ1v) is 7.08. The highest BCUT2D eigenvalue weighted by Gasteiger charge is 2.30. The van der Waals surface area contributed by atoms with Gasteiger partial charge in [-0.2, -0.15) is 13.2 Å². The molecule has 0 bridgehead atoms. The van der Waals surface area contributed by atoms with Crippen LogP contribution in [0.3, 0.4) is 0 Å². The highest BCUT2D eigenvalue weighted by atomic mass is 19.4. The standard InChI is InChI=1S/C17H16F3NO3/c1-11(24-15-8-6-14(23-2)7-9-15)16(22)21-13-5-3-4-12(10-13)17(18,19)20/h3-11H,1-2H3,(H,21,22)/t11-/m0/s1. The molecule has 0 spiro atoms. The van der Waals surface area contributed by atoms with Crippen LogP contribution in [0.5, 0.6) is 11.5 Å². The van der Waals surface area contributed by atoms with Crippen molar-refractivity contribution in [1.82, 2.24) is 0 Å². The topological polar surface area (TPSA) is 47.6 Å². The molecule has 4 nitrogen and oxygen atoms in total. The second-order valence-electron chi connectivity index (χ2n) is 5.00. The molecular weight excluding hydrogens is 323 g/mol. The molecule has 1 N–H and O–H groups in total. The van der Waals surface area contributed by atoms with Gasteiger partial charge in [-0.3, -0.25) is 4.79 Å². The van der Waals surface area contributed by atoms with E-state index < -0.39 is 23.8 Å². The van der Waals surface area contributed by atoms with E-state index in [0.29, 0.717) is 11.5 Å². The number of amides is 1. The molecule has 2 aromatic carbocycles. The summed E-state index contributed by atoms with van der Waals surface area (Å²) < 4.78 is 48.5. The van der Waals surface area contributed by atoms with Crippen LogP contribution in [0, 0.1) is 0 Å². The van der Waals surface area contributed by atoms with E-state index in [-0.39, 0.29) is 5.69 Å². The van der Waals surface area contributed by atoms with Crippen molar-refractivity contribution >= 4 is 11.6 Å². The molecule has 1 amide bonds. The Bertz CT molecular complexity index is 699. The van der Waals surface area contributed by atoms with E-state index in [9.17, 15) is 18.0 Å². The average molecular weight is 339 g/mol. The number of ether oxygens (including phenoxy) is 2. The van der Waals surface area contributed by atoms with E-state index in [1.165, 1.54) is 26.2 Å². The third-order valence-electron chi connectivity index (χ3n) is 3.20. The molecule has 2 rings (SSSR count). The smallest absolute Gasteiger partial charge is 0.416 e. The Labute approximate surface area is 137 Å². The monoisotopic (exact) mass is 339 g/mol. The zero-order valence-corrected chi connectivity index (χ0v) is 13.1. The Morgan fingerprint density at radius 3 is 2.29 bits per heavy atom. The summed E-state index contributed by atoms with van der Waals surface area (Å²) in [4.78, 5) is 12.1. The van der Waals surface area contributed by atoms with E-state index >= 15 is 0 Å². The molecule has 128 valence electrons. The maximum absolute atomic E-state index is 12.7. The maximum Gasteiger partial charge on any atom is 0.416 e. The molecule has 0 heterocycles. The first-order valence-electron chi connectivity index (χ1n) is 7.08. The molecule has 0 unspecified atom stereocenters. The Morgan fingerprint density at radius 2 is 1.71 bits per heavy atom. The van der Waals surface area contributed by atoms with E-state index in [0.717, 1.165) is 12.1 Å². The van der Waals surface area contributed by atoms with E-state index in [1.54, 1.807) is 24.3 Å². The lowest BCUT2D eigenvalue weighted by Gasteiger charge is -2.15. The van der Waals surface area contributed by atoms with Gasteiger partial charge in [0.25, 0.3) is 5.91 Å². The number of nitrogens with one attached hydrogen (secondary N) is 1. The number of carbonyl (C=O) groups excluding carboxylic acids is 1. The zero-order chi connectivity index (χ0) is 17.7. The summed E-state index contributed by atoms with van der Waals surface area (Å²) in [5.41, 5.74) is -0.774. The Morgan fingerprint density at radius 1 is 1.08 bits per heavy atom. The number of carbonyl (C=O) groups is 1. The van der Waals surface area contributed by atoms with Crippen LogP contribution in [0.4, 0.5) is 18.9 Å². The van der Waals surface area contributed by atoms with Gasteiger partial charge in [-0.1, -0.05) is 6.07 Å². The largest absolute Gasteiger partial charge is 0.497 e. The molecule has 0 saturated carbocycles. The number of hydrogen-bond acceptors (Lipinski definition) is 3. The Balaban J connectivity index is 2.00. The molecule has 0 aliphatic rings. The summed E-state index contributed by atoms with van der Waals surface area (Å²) >= 11 is 0. The fraction of sp³-hybridized carbons (Fsp3) is 0.235. The van der Waals surface area contributed by atoms with Crippen LogP contribution in [-0.4, -0.2) is 19.1 Å². The number of halogens is 3. The second kappa shape index (κ2) is 7.25. The van der Waals surface area contributed by atoms with Crippen LogP contribution in [0.1, 0.15) is 12.5 Å². The minimum absolute atomic E-state index is 0.0556. The highest BCUT2D eigenvalue weighted by Crippen LogP contribution is 2.30. The SMILES string of the molecule is COc1ccc(O[C@@H](C)C(=O)Nc2cccc(C(F)(F)F)c2)cc1. The molecule has 7 heteroatoms. The molecule has 0 fully saturated rings. The van der Waals surface area contributed by atoms with Gasteiger partial charge in [-0.15, -0.1) is 0 Å². The van der Waals surface area contributed by atoms with Crippen molar-refractivity contribution in [3.63, 3.8) is 0 Å². The summed E-state index contributed by atoms with van der Waals surface area (Å²) in [6, 6.07) is 11.0. The predicted octanol–water partition coefficient (Wildman–Crippen LogP) is 4.12. The van der Waals surface area contributed by atoms with Crippen LogP contribution >= 0.6 is 0 Å². The predicted molar refractivity (Wildman–Crippen MR) is 83.2 cm³/mol. The van der Waals surface area contributed by atoms with Crippen LogP contribution in [0.2, 0.25) is 0 Å². The normalized spacial score (nSPS) is 12.4. The van der Waals surface area contributed by atoms with Gasteiger partial charge in [0.1, 0.15) is 11.5 Å². The maximum atomic E-state index is 12.7. The lowest BCUT2D eigenvalue weighted by Crippen LogP contribution is -2.30. The number of hydrogen-bond donors (Lipinski definition) is 1. The van der Waals surface area contributed by atoms with Crippen molar-refractivity contribution in [3.05, 3.63) is 54.1 Å². The third-order valence-corrected chi connectivity index (χ3v) is 3.20. The number of methoxy groups -OCH3 is 1. The highest BCUT2D eigenvalue weighted by molar-refractivity contribution is 5.94. The number of rotatable bonds is 5. The van der Waals surface area contributed by atoms with Gasteiger partial charge in [-0.25, -0.2) is 0 Å². The molecule has 24 heavy (non-hydrogen) atoms. The van der Waals surface area contributed by atoms with Gasteiger partial charge < -0.3 is 14.8 Å². The number of alkyl halides is 3. The molecule has 0 aliphatic heterocycles. The van der Waals surface area contributed by atoms with Crippen LogP contribution in [-0.2, 0) is 11.0 Å². The summed E-state index contributed by atoms with van der Waals surface area (Å²) in [6.45, 7) is 1.51. The van der Waals surface area contributed by atoms with E-state index in [1.807, 2.05) is 0 Å². The van der Waals surface area contributed by atoms with Crippen molar-refractivity contribution in [2.45, 2.75) is 19.2 Å². The molecule has 0 radical (unpaired) electrons. The van der Waals surface area contributed by atoms with Gasteiger partial charge in [-0.05, 0) is 49.4 Å². The van der Waals surface area contributed by atoms with Crippen molar-refractivity contribution in [2.75, 3.05) is 12.4 Å². The van der Waals surface area contributed by atoms with Crippen molar-refractivity contribution in [2.24, 2.45) is 0 Å². The lowest BCUT2D eigenvalue weighted by molar-refractivity contribution is -0.137. The van der Waals surface area contributed by atoms with Gasteiger partial charge in [0.2, 0.25) is 0 Å². The second-order valence-corrected chi connectivity index (χ2v) is 5.00. The Kier molecular flexibility index (Phi) is 5.33. The molecular formula is C17H16F3NO3. The van der Waals surface area contributed by atoms with Gasteiger partial charge in [0, 0.05) is 5.69 Å². The van der Waals surface area contributed by atoms with Crippen LogP contribution in [0.15, 0.2) is 48.5 Å². The zero-order valence-electron chi connectivity index (χ0n) is 13.1. The average Bonchev–Trinajstić information content (AvgIpc) is 2.55. The van der Waals surface area contributed by atoms with Gasteiger partial charge >= 0.3 is 6.18 Å². The molecule has 2 aromatic rings. The van der Waals surface area contributed by atoms with E-state index in [4.69, 9.17) is 9.47 Å². The minimum Gasteiger partial charge on any atom is -0.497 e. The fourth-order valence-corrected chi connectivity index (χ4v) is 1.93. The van der Waals surface area contributed by atoms with Crippen molar-refractivity contribution < 1.29 is 27.4 Å².